The van der Waals surface area contributed by atoms with Crippen LogP contribution in [0.5, 0.6) is 0 Å². The van der Waals surface area contributed by atoms with Crippen LogP contribution < -0.4 is 0 Å². The van der Waals surface area contributed by atoms with Crippen LogP contribution in [0.25, 0.3) is 94.4 Å². The molecule has 3 heterocycles. The molecule has 7 aromatic carbocycles. The summed E-state index contributed by atoms with van der Waals surface area (Å²) in [5, 5.41) is 15.4. The van der Waals surface area contributed by atoms with Gasteiger partial charge in [0.1, 0.15) is 22.2 Å². The van der Waals surface area contributed by atoms with E-state index in [1.54, 1.807) is 4.80 Å². The second-order valence-electron chi connectivity index (χ2n) is 11.5. The van der Waals surface area contributed by atoms with Crippen molar-refractivity contribution in [2.24, 2.45) is 0 Å². The summed E-state index contributed by atoms with van der Waals surface area (Å²) in [4.78, 5) is 16.0. The second-order valence-corrected chi connectivity index (χ2v) is 11.5. The molecular weight excluding hydrogens is 592 g/mol. The largest absolute Gasteiger partial charge is 0.456 e. The minimum atomic E-state index is -0.492. The fourth-order valence-electron chi connectivity index (χ4n) is 6.32. The summed E-state index contributed by atoms with van der Waals surface area (Å²) in [6.45, 7) is 0. The van der Waals surface area contributed by atoms with E-state index in [0.29, 0.717) is 16.7 Å². The average Bonchev–Trinajstić information content (AvgIpc) is 3.81. The van der Waals surface area contributed by atoms with Crippen molar-refractivity contribution in [1.82, 2.24) is 29.9 Å². The first-order valence-electron chi connectivity index (χ1n) is 17.9. The van der Waals surface area contributed by atoms with Crippen molar-refractivity contribution in [3.05, 3.63) is 145 Å². The molecule has 0 amide bonds. The Kier molecular flexibility index (Phi) is 4.75. The molecular formula is C41H24N6O. The lowest BCUT2D eigenvalue weighted by molar-refractivity contribution is 0.669. The van der Waals surface area contributed by atoms with Gasteiger partial charge in [0, 0.05) is 32.8 Å². The lowest BCUT2D eigenvalue weighted by atomic mass is 9.99. The summed E-state index contributed by atoms with van der Waals surface area (Å²) in [6, 6.07) is 35.0. The molecule has 0 aliphatic carbocycles. The highest BCUT2D eigenvalue weighted by atomic mass is 16.3. The van der Waals surface area contributed by atoms with Crippen molar-refractivity contribution in [3.63, 3.8) is 0 Å². The lowest BCUT2D eigenvalue weighted by Crippen LogP contribution is -2.00. The summed E-state index contributed by atoms with van der Waals surface area (Å²) in [6.07, 6.45) is 0. The molecule has 3 aromatic heterocycles. The van der Waals surface area contributed by atoms with Gasteiger partial charge in [0.15, 0.2) is 17.5 Å². The number of furan rings is 1. The summed E-state index contributed by atoms with van der Waals surface area (Å²) >= 11 is 0. The number of aromatic nitrogens is 6. The van der Waals surface area contributed by atoms with E-state index >= 15 is 0 Å². The van der Waals surface area contributed by atoms with E-state index in [4.69, 9.17) is 36.4 Å². The molecule has 0 bridgehead atoms. The maximum atomic E-state index is 8.70. The molecule has 10 rings (SSSR count). The van der Waals surface area contributed by atoms with Gasteiger partial charge >= 0.3 is 0 Å². The molecule has 0 N–H and O–H groups in total. The topological polar surface area (TPSA) is 82.5 Å². The molecule has 0 spiro atoms. The molecule has 0 atom stereocenters. The number of nitrogens with zero attached hydrogens (tertiary/aromatic N) is 6. The number of rotatable bonds is 4. The number of para-hydroxylation sites is 2. The second kappa shape index (κ2) is 10.4. The third-order valence-electron chi connectivity index (χ3n) is 8.59. The molecule has 224 valence electrons. The highest BCUT2D eigenvalue weighted by Crippen LogP contribution is 2.35. The lowest BCUT2D eigenvalue weighted by Gasteiger charge is -2.10. The highest BCUT2D eigenvalue weighted by Gasteiger charge is 2.16. The van der Waals surface area contributed by atoms with Gasteiger partial charge in [-0.1, -0.05) is 103 Å². The van der Waals surface area contributed by atoms with Crippen LogP contribution in [0.1, 0.15) is 6.85 Å². The Labute approximate surface area is 280 Å². The van der Waals surface area contributed by atoms with E-state index in [1.165, 1.54) is 0 Å². The van der Waals surface area contributed by atoms with Crippen molar-refractivity contribution in [2.45, 2.75) is 0 Å². The van der Waals surface area contributed by atoms with Crippen LogP contribution in [0.2, 0.25) is 0 Å². The van der Waals surface area contributed by atoms with Gasteiger partial charge in [0.2, 0.25) is 0 Å². The molecule has 10 aromatic rings. The van der Waals surface area contributed by atoms with E-state index in [9.17, 15) is 0 Å². The molecule has 0 aliphatic heterocycles. The zero-order valence-corrected chi connectivity index (χ0v) is 25.1. The number of benzene rings is 7. The summed E-state index contributed by atoms with van der Waals surface area (Å²) in [5.74, 6) is 0.498. The van der Waals surface area contributed by atoms with Crippen LogP contribution in [-0.2, 0) is 0 Å². The highest BCUT2D eigenvalue weighted by molar-refractivity contribution is 6.18. The molecule has 48 heavy (non-hydrogen) atoms. The number of fused-ring (bicyclic) bond motifs is 8. The number of hydrogen-bond acceptors (Lipinski definition) is 6. The normalized spacial score (nSPS) is 13.2. The summed E-state index contributed by atoms with van der Waals surface area (Å²) < 4.78 is 48.3. The minimum Gasteiger partial charge on any atom is -0.456 e. The first-order valence-corrected chi connectivity index (χ1v) is 15.4. The quantitative estimate of drug-likeness (QED) is 0.182. The third-order valence-corrected chi connectivity index (χ3v) is 8.59. The van der Waals surface area contributed by atoms with Crippen LogP contribution in [0, 0.1) is 0 Å². The number of hydrogen-bond donors (Lipinski definition) is 0. The average molecular weight is 622 g/mol. The van der Waals surface area contributed by atoms with Gasteiger partial charge in [-0.05, 0) is 58.6 Å². The maximum Gasteiger partial charge on any atom is 0.164 e. The van der Waals surface area contributed by atoms with E-state index in [1.807, 2.05) is 115 Å². The Balaban J connectivity index is 1.18. The molecule has 7 nitrogen and oxygen atoms in total. The van der Waals surface area contributed by atoms with Crippen molar-refractivity contribution in [2.75, 3.05) is 0 Å². The SMILES string of the molecule is [2H]c1c([2H])c([2H])c(-c2nc(-c3ccc4c(ccc5ccc6nn(-c7ccccc7)nc6c54)c3)nc(-c3ccc4c(c3)oc3ccccc34)n2)c([2H])c1[2H]. The monoisotopic (exact) mass is 621 g/mol. The van der Waals surface area contributed by atoms with Crippen molar-refractivity contribution >= 4 is 54.5 Å². The van der Waals surface area contributed by atoms with E-state index < -0.39 is 30.2 Å². The zero-order valence-electron chi connectivity index (χ0n) is 30.1. The van der Waals surface area contributed by atoms with Gasteiger partial charge in [-0.15, -0.1) is 10.2 Å². The smallest absolute Gasteiger partial charge is 0.164 e. The molecule has 0 saturated carbocycles. The van der Waals surface area contributed by atoms with Gasteiger partial charge < -0.3 is 4.42 Å². The summed E-state index contributed by atoms with van der Waals surface area (Å²) in [5.41, 5.74) is 4.95. The molecule has 0 saturated heterocycles. The molecule has 0 aliphatic rings. The Hall–Kier alpha value is -6.73. The Morgan fingerprint density at radius 2 is 1.19 bits per heavy atom. The first kappa shape index (κ1) is 21.9. The standard InChI is InChI=1S/C41H24N6O/c1-3-9-26(10-4-1)39-42-40(44-41(43-39)29-18-21-33-32-13-7-8-14-35(32)48-36(33)24-29)28-17-20-31-27(23-28)16-15-25-19-22-34-38(37(25)31)46-47(45-34)30-11-5-2-6-12-30/h1-24H/i1D,3D,4D,9D,10D. The Bertz CT molecular complexity index is 3110. The molecule has 7 heteroatoms. The molecule has 0 unspecified atom stereocenters. The van der Waals surface area contributed by atoms with Gasteiger partial charge in [-0.25, -0.2) is 15.0 Å². The van der Waals surface area contributed by atoms with E-state index in [0.717, 1.165) is 54.6 Å². The zero-order chi connectivity index (χ0) is 36.0. The fraction of sp³-hybridized carbons (Fsp3) is 0. The van der Waals surface area contributed by atoms with Crippen molar-refractivity contribution in [3.8, 4) is 39.9 Å². The van der Waals surface area contributed by atoms with Gasteiger partial charge in [-0.2, -0.15) is 4.80 Å². The Morgan fingerprint density at radius 3 is 2.02 bits per heavy atom. The van der Waals surface area contributed by atoms with Crippen LogP contribution in [0.4, 0.5) is 0 Å². The van der Waals surface area contributed by atoms with Crippen LogP contribution in [0.3, 0.4) is 0 Å². The van der Waals surface area contributed by atoms with E-state index in [2.05, 4.69) is 0 Å². The Morgan fingerprint density at radius 1 is 0.521 bits per heavy atom. The third kappa shape index (κ3) is 4.25. The van der Waals surface area contributed by atoms with Gasteiger partial charge in [0.25, 0.3) is 0 Å². The van der Waals surface area contributed by atoms with E-state index in [-0.39, 0.29) is 23.0 Å². The molecule has 0 radical (unpaired) electrons. The first-order chi connectivity index (χ1) is 25.8. The van der Waals surface area contributed by atoms with Crippen molar-refractivity contribution in [1.29, 1.82) is 0 Å². The maximum absolute atomic E-state index is 8.70. The minimum absolute atomic E-state index is 0.0375. The summed E-state index contributed by atoms with van der Waals surface area (Å²) in [7, 11) is 0. The van der Waals surface area contributed by atoms with Crippen LogP contribution >= 0.6 is 0 Å². The van der Waals surface area contributed by atoms with Gasteiger partial charge in [0.05, 0.1) is 12.5 Å². The predicted octanol–water partition coefficient (Wildman–Crippen LogP) is 9.81. The van der Waals surface area contributed by atoms with Crippen LogP contribution in [0.15, 0.2) is 150 Å². The van der Waals surface area contributed by atoms with Crippen LogP contribution in [-0.4, -0.2) is 29.9 Å². The predicted molar refractivity (Wildman–Crippen MR) is 191 cm³/mol. The van der Waals surface area contributed by atoms with Crippen molar-refractivity contribution < 1.29 is 11.3 Å². The van der Waals surface area contributed by atoms with Gasteiger partial charge in [-0.3, -0.25) is 0 Å². The molecule has 0 fully saturated rings. The fourth-order valence-corrected chi connectivity index (χ4v) is 6.32.